The normalized spacial score (nSPS) is 21.6. The SMILES string of the molecule is C=CCN1C(=O)/C(=C2/Sc3ccccc3N2C)SC1=S. The Morgan fingerprint density at radius 2 is 2.10 bits per heavy atom. The molecule has 0 saturated carbocycles. The van der Waals surface area contributed by atoms with Crippen molar-refractivity contribution in [3.8, 4) is 0 Å². The molecule has 0 aliphatic carbocycles. The van der Waals surface area contributed by atoms with Crippen molar-refractivity contribution >= 4 is 51.7 Å². The molecule has 3 nitrogen and oxygen atoms in total. The van der Waals surface area contributed by atoms with Crippen molar-refractivity contribution in [2.75, 3.05) is 18.5 Å². The van der Waals surface area contributed by atoms with E-state index in [4.69, 9.17) is 12.2 Å². The maximum Gasteiger partial charge on any atom is 0.269 e. The first-order chi connectivity index (χ1) is 9.63. The average molecular weight is 320 g/mol. The number of carbonyl (C=O) groups is 1. The van der Waals surface area contributed by atoms with Crippen LogP contribution in [0.5, 0.6) is 0 Å². The lowest BCUT2D eigenvalue weighted by atomic mass is 10.3. The largest absolute Gasteiger partial charge is 0.337 e. The predicted molar refractivity (Wildman–Crippen MR) is 89.8 cm³/mol. The van der Waals surface area contributed by atoms with Gasteiger partial charge in [0.05, 0.1) is 10.7 Å². The topological polar surface area (TPSA) is 23.6 Å². The number of hydrogen-bond acceptors (Lipinski definition) is 5. The van der Waals surface area contributed by atoms with Crippen molar-refractivity contribution in [1.82, 2.24) is 4.90 Å². The number of hydrogen-bond donors (Lipinski definition) is 0. The van der Waals surface area contributed by atoms with Crippen LogP contribution in [0.2, 0.25) is 0 Å². The zero-order valence-electron chi connectivity index (χ0n) is 10.8. The lowest BCUT2D eigenvalue weighted by Crippen LogP contribution is -2.28. The van der Waals surface area contributed by atoms with E-state index < -0.39 is 0 Å². The molecule has 6 heteroatoms. The van der Waals surface area contributed by atoms with E-state index in [1.54, 1.807) is 22.7 Å². The summed E-state index contributed by atoms with van der Waals surface area (Å²) >= 11 is 8.27. The number of rotatable bonds is 2. The summed E-state index contributed by atoms with van der Waals surface area (Å²) in [5.41, 5.74) is 1.13. The number of thiocarbonyl (C=S) groups is 1. The number of benzene rings is 1. The summed E-state index contributed by atoms with van der Waals surface area (Å²) in [7, 11) is 1.98. The number of thioether (sulfide) groups is 2. The second-order valence-corrected chi connectivity index (χ2v) is 7.01. The summed E-state index contributed by atoms with van der Waals surface area (Å²) in [5.74, 6) is -0.0259. The molecule has 2 aliphatic heterocycles. The zero-order chi connectivity index (χ0) is 14.3. The van der Waals surface area contributed by atoms with E-state index >= 15 is 0 Å². The molecular weight excluding hydrogens is 308 g/mol. The van der Waals surface area contributed by atoms with Gasteiger partial charge in [-0.3, -0.25) is 9.69 Å². The molecule has 2 heterocycles. The molecular formula is C14H12N2OS3. The van der Waals surface area contributed by atoms with Crippen molar-refractivity contribution < 1.29 is 4.79 Å². The molecule has 1 aromatic rings. The van der Waals surface area contributed by atoms with E-state index in [-0.39, 0.29) is 5.91 Å². The number of amides is 1. The van der Waals surface area contributed by atoms with Crippen LogP contribution in [0.1, 0.15) is 0 Å². The third-order valence-corrected chi connectivity index (χ3v) is 5.90. The van der Waals surface area contributed by atoms with E-state index in [1.807, 2.05) is 19.2 Å². The van der Waals surface area contributed by atoms with Crippen LogP contribution in [0.15, 0.2) is 51.8 Å². The highest BCUT2D eigenvalue weighted by atomic mass is 32.2. The Labute approximate surface area is 131 Å². The average Bonchev–Trinajstić information content (AvgIpc) is 2.92. The summed E-state index contributed by atoms with van der Waals surface area (Å²) < 4.78 is 0.599. The molecule has 1 saturated heterocycles. The molecule has 2 aliphatic rings. The van der Waals surface area contributed by atoms with Crippen LogP contribution in [0.25, 0.3) is 0 Å². The molecule has 0 bridgehead atoms. The van der Waals surface area contributed by atoms with Gasteiger partial charge in [0.2, 0.25) is 0 Å². The molecule has 0 atom stereocenters. The Morgan fingerprint density at radius 3 is 2.80 bits per heavy atom. The quantitative estimate of drug-likeness (QED) is 0.472. The third-order valence-electron chi connectivity index (χ3n) is 3.09. The Hall–Kier alpha value is -1.24. The highest BCUT2D eigenvalue weighted by Gasteiger charge is 2.37. The molecule has 1 fully saturated rings. The summed E-state index contributed by atoms with van der Waals surface area (Å²) in [6, 6.07) is 8.13. The molecule has 0 aromatic heterocycles. The van der Waals surface area contributed by atoms with Gasteiger partial charge in [-0.05, 0) is 12.1 Å². The number of para-hydroxylation sites is 1. The summed E-state index contributed by atoms with van der Waals surface area (Å²) in [6.07, 6.45) is 1.69. The fourth-order valence-corrected chi connectivity index (χ4v) is 4.72. The van der Waals surface area contributed by atoms with E-state index in [0.29, 0.717) is 15.8 Å². The maximum atomic E-state index is 12.5. The van der Waals surface area contributed by atoms with Gasteiger partial charge in [-0.1, -0.05) is 54.0 Å². The van der Waals surface area contributed by atoms with Crippen LogP contribution < -0.4 is 4.90 Å². The van der Waals surface area contributed by atoms with Gasteiger partial charge in [-0.15, -0.1) is 6.58 Å². The first-order valence-corrected chi connectivity index (χ1v) is 8.07. The van der Waals surface area contributed by atoms with Gasteiger partial charge in [0, 0.05) is 18.5 Å². The van der Waals surface area contributed by atoms with Crippen LogP contribution in [0, 0.1) is 0 Å². The van der Waals surface area contributed by atoms with Crippen molar-refractivity contribution in [2.45, 2.75) is 4.90 Å². The minimum absolute atomic E-state index is 0.0259. The van der Waals surface area contributed by atoms with Gasteiger partial charge in [0.1, 0.15) is 9.23 Å². The van der Waals surface area contributed by atoms with E-state index in [1.165, 1.54) is 16.7 Å². The minimum Gasteiger partial charge on any atom is -0.337 e. The van der Waals surface area contributed by atoms with Crippen LogP contribution in [0.4, 0.5) is 5.69 Å². The molecule has 1 aromatic carbocycles. The van der Waals surface area contributed by atoms with Crippen LogP contribution in [-0.4, -0.2) is 28.7 Å². The summed E-state index contributed by atoms with van der Waals surface area (Å²) in [4.78, 5) is 18.0. The van der Waals surface area contributed by atoms with Crippen molar-refractivity contribution in [3.05, 3.63) is 46.9 Å². The van der Waals surface area contributed by atoms with Crippen molar-refractivity contribution in [2.24, 2.45) is 0 Å². The van der Waals surface area contributed by atoms with Gasteiger partial charge in [0.15, 0.2) is 0 Å². The van der Waals surface area contributed by atoms with E-state index in [2.05, 4.69) is 23.6 Å². The number of anilines is 1. The van der Waals surface area contributed by atoms with E-state index in [9.17, 15) is 4.79 Å². The highest BCUT2D eigenvalue weighted by Crippen LogP contribution is 2.49. The highest BCUT2D eigenvalue weighted by molar-refractivity contribution is 8.27. The number of carbonyl (C=O) groups excluding carboxylic acids is 1. The second-order valence-electron chi connectivity index (χ2n) is 4.34. The second kappa shape index (κ2) is 5.27. The first-order valence-electron chi connectivity index (χ1n) is 6.03. The lowest BCUT2D eigenvalue weighted by molar-refractivity contribution is -0.121. The standard InChI is InChI=1S/C14H12N2OS3/c1-3-8-16-12(17)11(20-14(16)18)13-15(2)9-6-4-5-7-10(9)19-13/h3-7H,1,8H2,2H3/b13-11-. The predicted octanol–water partition coefficient (Wildman–Crippen LogP) is 3.44. The van der Waals surface area contributed by atoms with Crippen LogP contribution in [-0.2, 0) is 4.79 Å². The molecule has 1 amide bonds. The summed E-state index contributed by atoms with van der Waals surface area (Å²) in [5, 5.41) is 0.954. The van der Waals surface area contributed by atoms with Gasteiger partial charge >= 0.3 is 0 Å². The molecule has 0 radical (unpaired) electrons. The Balaban J connectivity index is 2.00. The molecule has 0 spiro atoms. The Kier molecular flexibility index (Phi) is 3.62. The molecule has 0 N–H and O–H groups in total. The smallest absolute Gasteiger partial charge is 0.269 e. The van der Waals surface area contributed by atoms with E-state index in [0.717, 1.165) is 10.7 Å². The van der Waals surface area contributed by atoms with Crippen LogP contribution >= 0.6 is 35.7 Å². The Bertz CT molecular complexity index is 654. The van der Waals surface area contributed by atoms with Crippen molar-refractivity contribution in [3.63, 3.8) is 0 Å². The van der Waals surface area contributed by atoms with Gasteiger partial charge < -0.3 is 4.90 Å². The molecule has 102 valence electrons. The van der Waals surface area contributed by atoms with Gasteiger partial charge in [-0.2, -0.15) is 0 Å². The minimum atomic E-state index is -0.0259. The maximum absolute atomic E-state index is 12.5. The molecule has 20 heavy (non-hydrogen) atoms. The fourth-order valence-electron chi connectivity index (χ4n) is 2.11. The first kappa shape index (κ1) is 13.7. The number of nitrogens with zero attached hydrogens (tertiary/aromatic N) is 2. The number of fused-ring (bicyclic) bond motifs is 1. The monoisotopic (exact) mass is 320 g/mol. The van der Waals surface area contributed by atoms with Crippen molar-refractivity contribution in [1.29, 1.82) is 0 Å². The van der Waals surface area contributed by atoms with Gasteiger partial charge in [0.25, 0.3) is 5.91 Å². The van der Waals surface area contributed by atoms with Gasteiger partial charge in [-0.25, -0.2) is 0 Å². The molecule has 3 rings (SSSR count). The fraction of sp³-hybridized carbons (Fsp3) is 0.143. The lowest BCUT2D eigenvalue weighted by Gasteiger charge is -2.15. The molecule has 0 unspecified atom stereocenters. The Morgan fingerprint density at radius 1 is 1.35 bits per heavy atom. The zero-order valence-corrected chi connectivity index (χ0v) is 13.3. The summed E-state index contributed by atoms with van der Waals surface area (Å²) in [6.45, 7) is 4.13. The van der Waals surface area contributed by atoms with Crippen LogP contribution in [0.3, 0.4) is 0 Å². The third kappa shape index (κ3) is 2.08.